The van der Waals surface area contributed by atoms with Crippen molar-refractivity contribution >= 4 is 17.3 Å². The lowest BCUT2D eigenvalue weighted by atomic mass is 10.2. The molecule has 0 aliphatic carbocycles. The van der Waals surface area contributed by atoms with Crippen LogP contribution in [0.2, 0.25) is 5.02 Å². The van der Waals surface area contributed by atoms with E-state index in [9.17, 15) is 10.1 Å². The maximum Gasteiger partial charge on any atom is 0.290 e. The Kier molecular flexibility index (Phi) is 4.03. The molecular formula is C10H11ClN6O2. The Bertz CT molecular complexity index is 599. The van der Waals surface area contributed by atoms with Gasteiger partial charge in [0, 0.05) is 12.5 Å². The Morgan fingerprint density at radius 2 is 2.26 bits per heavy atom. The first-order valence-corrected chi connectivity index (χ1v) is 5.93. The highest BCUT2D eigenvalue weighted by atomic mass is 35.5. The molecule has 0 aliphatic rings. The maximum absolute atomic E-state index is 10.8. The fourth-order valence-corrected chi connectivity index (χ4v) is 1.78. The van der Waals surface area contributed by atoms with Gasteiger partial charge in [-0.1, -0.05) is 11.6 Å². The highest BCUT2D eigenvalue weighted by Crippen LogP contribution is 2.26. The summed E-state index contributed by atoms with van der Waals surface area (Å²) in [6.07, 6.45) is 1.33. The molecule has 0 saturated carbocycles. The second-order valence-corrected chi connectivity index (χ2v) is 4.20. The molecule has 19 heavy (non-hydrogen) atoms. The Morgan fingerprint density at radius 1 is 1.47 bits per heavy atom. The van der Waals surface area contributed by atoms with Gasteiger partial charge in [-0.05, 0) is 35.5 Å². The van der Waals surface area contributed by atoms with Crippen LogP contribution in [0.25, 0.3) is 5.69 Å². The number of nitro benzene ring substituents is 1. The zero-order valence-corrected chi connectivity index (χ0v) is 10.6. The first-order valence-electron chi connectivity index (χ1n) is 5.55. The van der Waals surface area contributed by atoms with Gasteiger partial charge < -0.3 is 5.73 Å². The zero-order valence-electron chi connectivity index (χ0n) is 9.86. The third-order valence-electron chi connectivity index (χ3n) is 2.51. The number of aryl methyl sites for hydroxylation is 1. The van der Waals surface area contributed by atoms with Crippen molar-refractivity contribution in [1.82, 2.24) is 20.2 Å². The number of benzene rings is 1. The quantitative estimate of drug-likeness (QED) is 0.649. The van der Waals surface area contributed by atoms with Crippen LogP contribution >= 0.6 is 11.6 Å². The van der Waals surface area contributed by atoms with Crippen molar-refractivity contribution in [3.63, 3.8) is 0 Å². The number of rotatable bonds is 5. The molecule has 8 nitrogen and oxygen atoms in total. The lowest BCUT2D eigenvalue weighted by Crippen LogP contribution is -2.07. The van der Waals surface area contributed by atoms with Gasteiger partial charge in [-0.2, -0.15) is 4.68 Å². The monoisotopic (exact) mass is 282 g/mol. The van der Waals surface area contributed by atoms with Crippen LogP contribution in [0.4, 0.5) is 5.69 Å². The van der Waals surface area contributed by atoms with Gasteiger partial charge >= 0.3 is 0 Å². The number of tetrazole rings is 1. The number of hydrogen-bond donors (Lipinski definition) is 1. The summed E-state index contributed by atoms with van der Waals surface area (Å²) < 4.78 is 1.44. The van der Waals surface area contributed by atoms with Gasteiger partial charge in [0.05, 0.1) is 10.6 Å². The van der Waals surface area contributed by atoms with Gasteiger partial charge in [-0.25, -0.2) is 0 Å². The van der Waals surface area contributed by atoms with Crippen LogP contribution in [-0.4, -0.2) is 31.7 Å². The van der Waals surface area contributed by atoms with Gasteiger partial charge in [0.25, 0.3) is 5.69 Å². The molecule has 2 N–H and O–H groups in total. The summed E-state index contributed by atoms with van der Waals surface area (Å²) in [6, 6.07) is 4.41. The molecule has 1 aromatic carbocycles. The summed E-state index contributed by atoms with van der Waals surface area (Å²) in [5.41, 5.74) is 5.75. The van der Waals surface area contributed by atoms with E-state index in [1.54, 1.807) is 6.07 Å². The third-order valence-corrected chi connectivity index (χ3v) is 2.83. The van der Waals surface area contributed by atoms with E-state index in [1.165, 1.54) is 16.8 Å². The molecule has 0 atom stereocenters. The molecule has 100 valence electrons. The van der Waals surface area contributed by atoms with E-state index in [-0.39, 0.29) is 10.7 Å². The minimum Gasteiger partial charge on any atom is -0.330 e. The Balaban J connectivity index is 2.39. The molecule has 0 spiro atoms. The number of nitro groups is 1. The van der Waals surface area contributed by atoms with E-state index >= 15 is 0 Å². The second-order valence-electron chi connectivity index (χ2n) is 3.79. The number of nitrogens with zero attached hydrogens (tertiary/aromatic N) is 5. The number of nitrogens with two attached hydrogens (primary N) is 1. The van der Waals surface area contributed by atoms with Crippen molar-refractivity contribution in [1.29, 1.82) is 0 Å². The number of hydrogen-bond acceptors (Lipinski definition) is 6. The predicted molar refractivity (Wildman–Crippen MR) is 68.2 cm³/mol. The maximum atomic E-state index is 10.8. The normalized spacial score (nSPS) is 10.6. The first-order chi connectivity index (χ1) is 9.13. The molecule has 0 saturated heterocycles. The van der Waals surface area contributed by atoms with E-state index in [0.717, 1.165) is 6.42 Å². The molecule has 0 aliphatic heterocycles. The van der Waals surface area contributed by atoms with E-state index in [0.29, 0.717) is 24.5 Å². The molecule has 0 radical (unpaired) electrons. The average Bonchev–Trinajstić information content (AvgIpc) is 2.85. The van der Waals surface area contributed by atoms with Gasteiger partial charge in [-0.3, -0.25) is 10.1 Å². The van der Waals surface area contributed by atoms with Gasteiger partial charge in [0.1, 0.15) is 5.02 Å². The van der Waals surface area contributed by atoms with Gasteiger partial charge in [0.2, 0.25) is 0 Å². The molecule has 0 amide bonds. The summed E-state index contributed by atoms with van der Waals surface area (Å²) in [6.45, 7) is 0.521. The Labute approximate surface area is 113 Å². The van der Waals surface area contributed by atoms with Gasteiger partial charge in [0.15, 0.2) is 5.82 Å². The van der Waals surface area contributed by atoms with Crippen LogP contribution in [0.15, 0.2) is 18.2 Å². The molecular weight excluding hydrogens is 272 g/mol. The van der Waals surface area contributed by atoms with E-state index < -0.39 is 4.92 Å². The van der Waals surface area contributed by atoms with Crippen LogP contribution in [0.5, 0.6) is 0 Å². The SMILES string of the molecule is NCCCc1nnnn1-c1ccc(Cl)c([N+](=O)[O-])c1. The molecule has 9 heteroatoms. The van der Waals surface area contributed by atoms with Crippen molar-refractivity contribution in [3.05, 3.63) is 39.2 Å². The molecule has 1 aromatic heterocycles. The van der Waals surface area contributed by atoms with E-state index in [1.807, 2.05) is 0 Å². The standard InChI is InChI=1S/C10H11ClN6O2/c11-8-4-3-7(6-9(8)17(18)19)16-10(2-1-5-12)13-14-15-16/h3-4,6H,1-2,5,12H2. The fraction of sp³-hybridized carbons (Fsp3) is 0.300. The minimum atomic E-state index is -0.546. The molecule has 2 rings (SSSR count). The summed E-state index contributed by atoms with van der Waals surface area (Å²) in [5.74, 6) is 0.599. The molecule has 0 fully saturated rings. The molecule has 0 bridgehead atoms. The average molecular weight is 283 g/mol. The first kappa shape index (κ1) is 13.4. The van der Waals surface area contributed by atoms with Crippen molar-refractivity contribution in [3.8, 4) is 5.69 Å². The highest BCUT2D eigenvalue weighted by molar-refractivity contribution is 6.32. The van der Waals surface area contributed by atoms with E-state index in [4.69, 9.17) is 17.3 Å². The number of aromatic nitrogens is 4. The third kappa shape index (κ3) is 2.85. The summed E-state index contributed by atoms with van der Waals surface area (Å²) in [5, 5.41) is 22.2. The zero-order chi connectivity index (χ0) is 13.8. The lowest BCUT2D eigenvalue weighted by Gasteiger charge is -2.04. The van der Waals surface area contributed by atoms with E-state index in [2.05, 4.69) is 15.5 Å². The molecule has 1 heterocycles. The van der Waals surface area contributed by atoms with Crippen LogP contribution in [0.3, 0.4) is 0 Å². The topological polar surface area (TPSA) is 113 Å². The summed E-state index contributed by atoms with van der Waals surface area (Å²) in [7, 11) is 0. The van der Waals surface area contributed by atoms with Gasteiger partial charge in [-0.15, -0.1) is 5.10 Å². The van der Waals surface area contributed by atoms with Crippen LogP contribution in [0.1, 0.15) is 12.2 Å². The number of halogens is 1. The Hall–Kier alpha value is -2.06. The van der Waals surface area contributed by atoms with Crippen molar-refractivity contribution in [2.75, 3.05) is 6.54 Å². The van der Waals surface area contributed by atoms with Crippen molar-refractivity contribution < 1.29 is 4.92 Å². The highest BCUT2D eigenvalue weighted by Gasteiger charge is 2.16. The second kappa shape index (κ2) is 5.72. The lowest BCUT2D eigenvalue weighted by molar-refractivity contribution is -0.384. The van der Waals surface area contributed by atoms with Crippen LogP contribution in [-0.2, 0) is 6.42 Å². The minimum absolute atomic E-state index is 0.0744. The smallest absolute Gasteiger partial charge is 0.290 e. The molecule has 0 unspecified atom stereocenters. The van der Waals surface area contributed by atoms with Crippen molar-refractivity contribution in [2.45, 2.75) is 12.8 Å². The fourth-order valence-electron chi connectivity index (χ4n) is 1.60. The summed E-state index contributed by atoms with van der Waals surface area (Å²) >= 11 is 5.76. The summed E-state index contributed by atoms with van der Waals surface area (Å²) in [4.78, 5) is 10.3. The predicted octanol–water partition coefficient (Wildman–Crippen LogP) is 1.12. The molecule has 2 aromatic rings. The van der Waals surface area contributed by atoms with Crippen LogP contribution in [0, 0.1) is 10.1 Å². The van der Waals surface area contributed by atoms with Crippen molar-refractivity contribution in [2.24, 2.45) is 5.73 Å². The Morgan fingerprint density at radius 3 is 2.95 bits per heavy atom. The largest absolute Gasteiger partial charge is 0.330 e. The van der Waals surface area contributed by atoms with Crippen LogP contribution < -0.4 is 5.73 Å².